The first-order valence-electron chi connectivity index (χ1n) is 7.46. The van der Waals surface area contributed by atoms with Gasteiger partial charge in [0.1, 0.15) is 5.76 Å². The van der Waals surface area contributed by atoms with E-state index in [0.29, 0.717) is 6.54 Å². The van der Waals surface area contributed by atoms with E-state index in [4.69, 9.17) is 4.42 Å². The van der Waals surface area contributed by atoms with E-state index < -0.39 is 11.1 Å². The predicted molar refractivity (Wildman–Crippen MR) is 83.2 cm³/mol. The lowest BCUT2D eigenvalue weighted by molar-refractivity contribution is -0.00344. The summed E-state index contributed by atoms with van der Waals surface area (Å²) in [5.41, 5.74) is -1.78. The van der Waals surface area contributed by atoms with Gasteiger partial charge in [-0.05, 0) is 52.9 Å². The molecule has 0 aliphatic carbocycles. The molecule has 5 nitrogen and oxygen atoms in total. The van der Waals surface area contributed by atoms with Gasteiger partial charge in [0.05, 0.1) is 17.7 Å². The summed E-state index contributed by atoms with van der Waals surface area (Å²) in [6.45, 7) is 13.6. The zero-order chi connectivity index (χ0) is 16.3. The maximum absolute atomic E-state index is 12.2. The molecule has 0 saturated heterocycles. The number of nitrogens with one attached hydrogen (secondary N) is 1. The first-order valence-corrected chi connectivity index (χ1v) is 7.46. The van der Waals surface area contributed by atoms with Crippen molar-refractivity contribution in [1.82, 2.24) is 10.2 Å². The van der Waals surface area contributed by atoms with Crippen LogP contribution in [0.1, 0.15) is 57.9 Å². The number of carbonyl (C=O) groups excluding carboxylic acids is 1. The molecule has 0 spiro atoms. The molecule has 1 aromatic rings. The summed E-state index contributed by atoms with van der Waals surface area (Å²) < 4.78 is 5.60. The highest BCUT2D eigenvalue weighted by molar-refractivity contribution is 5.92. The third-order valence-corrected chi connectivity index (χ3v) is 4.11. The van der Waals surface area contributed by atoms with Gasteiger partial charge in [-0.25, -0.2) is 0 Å². The van der Waals surface area contributed by atoms with E-state index in [-0.39, 0.29) is 11.7 Å². The van der Waals surface area contributed by atoms with Crippen LogP contribution in [-0.2, 0) is 6.54 Å². The van der Waals surface area contributed by atoms with E-state index in [1.807, 2.05) is 6.07 Å². The number of aliphatic hydroxyl groups is 1. The second-order valence-electron chi connectivity index (χ2n) is 6.37. The summed E-state index contributed by atoms with van der Waals surface area (Å²) in [7, 11) is 0. The van der Waals surface area contributed by atoms with E-state index in [9.17, 15) is 9.90 Å². The molecule has 2 N–H and O–H groups in total. The Hall–Kier alpha value is -1.33. The van der Waals surface area contributed by atoms with Crippen molar-refractivity contribution in [3.63, 3.8) is 0 Å². The van der Waals surface area contributed by atoms with Crippen molar-refractivity contribution < 1.29 is 14.3 Å². The van der Waals surface area contributed by atoms with Crippen LogP contribution in [-0.4, -0.2) is 40.1 Å². The van der Waals surface area contributed by atoms with Gasteiger partial charge in [-0.3, -0.25) is 9.69 Å². The minimum atomic E-state index is -1.03. The first-order chi connectivity index (χ1) is 9.60. The molecule has 5 heteroatoms. The monoisotopic (exact) mass is 296 g/mol. The Morgan fingerprint density at radius 3 is 2.29 bits per heavy atom. The Bertz CT molecular complexity index is 468. The topological polar surface area (TPSA) is 65.7 Å². The number of rotatable bonds is 7. The normalized spacial score (nSPS) is 12.8. The molecule has 0 aliphatic rings. The van der Waals surface area contributed by atoms with E-state index in [1.54, 1.807) is 33.8 Å². The number of carbonyl (C=O) groups is 1. The summed E-state index contributed by atoms with van der Waals surface area (Å²) >= 11 is 0. The van der Waals surface area contributed by atoms with Gasteiger partial charge in [0.15, 0.2) is 5.76 Å². The fraction of sp³-hybridized carbons (Fsp3) is 0.688. The Morgan fingerprint density at radius 1 is 1.24 bits per heavy atom. The average Bonchev–Trinajstić information content (AvgIpc) is 2.82. The molecule has 1 rings (SSSR count). The van der Waals surface area contributed by atoms with Crippen LogP contribution in [0.4, 0.5) is 0 Å². The zero-order valence-electron chi connectivity index (χ0n) is 14.0. The molecule has 0 saturated carbocycles. The van der Waals surface area contributed by atoms with E-state index in [2.05, 4.69) is 24.1 Å². The highest BCUT2D eigenvalue weighted by Crippen LogP contribution is 2.21. The molecule has 1 aromatic heterocycles. The molecule has 1 amide bonds. The Morgan fingerprint density at radius 2 is 1.81 bits per heavy atom. The molecular formula is C16H28N2O3. The van der Waals surface area contributed by atoms with Crippen molar-refractivity contribution in [2.24, 2.45) is 0 Å². The van der Waals surface area contributed by atoms with Gasteiger partial charge < -0.3 is 14.8 Å². The van der Waals surface area contributed by atoms with Crippen LogP contribution in [0.3, 0.4) is 0 Å². The Kier molecular flexibility index (Phi) is 5.59. The number of hydrogen-bond donors (Lipinski definition) is 2. The van der Waals surface area contributed by atoms with Crippen molar-refractivity contribution >= 4 is 5.91 Å². The standard InChI is InChI=1S/C16H28N2O3/c1-7-18(8-2)11-12-9-10-13(21-12)14(19)17-15(3,4)16(5,6)20/h9-10,20H,7-8,11H2,1-6H3,(H,17,19). The summed E-state index contributed by atoms with van der Waals surface area (Å²) in [5.74, 6) is 0.729. The van der Waals surface area contributed by atoms with Gasteiger partial charge in [0.2, 0.25) is 0 Å². The van der Waals surface area contributed by atoms with Crippen molar-refractivity contribution in [3.05, 3.63) is 23.7 Å². The number of hydrogen-bond acceptors (Lipinski definition) is 4. The van der Waals surface area contributed by atoms with Crippen LogP contribution in [0.5, 0.6) is 0 Å². The Labute approximate surface area is 127 Å². The summed E-state index contributed by atoms with van der Waals surface area (Å²) in [4.78, 5) is 14.4. The fourth-order valence-corrected chi connectivity index (χ4v) is 1.75. The third kappa shape index (κ3) is 4.58. The molecule has 0 bridgehead atoms. The van der Waals surface area contributed by atoms with Gasteiger partial charge in [0.25, 0.3) is 5.91 Å². The molecule has 0 radical (unpaired) electrons. The summed E-state index contributed by atoms with van der Waals surface area (Å²) in [6, 6.07) is 3.50. The number of nitrogens with zero attached hydrogens (tertiary/aromatic N) is 1. The summed E-state index contributed by atoms with van der Waals surface area (Å²) in [5, 5.41) is 12.9. The minimum absolute atomic E-state index is 0.273. The molecule has 0 atom stereocenters. The number of furan rings is 1. The van der Waals surface area contributed by atoms with Crippen molar-refractivity contribution in [1.29, 1.82) is 0 Å². The summed E-state index contributed by atoms with van der Waals surface area (Å²) in [6.07, 6.45) is 0. The fourth-order valence-electron chi connectivity index (χ4n) is 1.75. The average molecular weight is 296 g/mol. The largest absolute Gasteiger partial charge is 0.455 e. The lowest BCUT2D eigenvalue weighted by atomic mass is 9.86. The van der Waals surface area contributed by atoms with Crippen LogP contribution >= 0.6 is 0 Å². The van der Waals surface area contributed by atoms with Crippen LogP contribution in [0.15, 0.2) is 16.5 Å². The lowest BCUT2D eigenvalue weighted by Crippen LogP contribution is -2.57. The van der Waals surface area contributed by atoms with Crippen molar-refractivity contribution in [2.45, 2.75) is 59.2 Å². The van der Waals surface area contributed by atoms with Gasteiger partial charge >= 0.3 is 0 Å². The molecule has 0 aliphatic heterocycles. The van der Waals surface area contributed by atoms with Crippen LogP contribution in [0.25, 0.3) is 0 Å². The van der Waals surface area contributed by atoms with Crippen LogP contribution in [0.2, 0.25) is 0 Å². The SMILES string of the molecule is CCN(CC)Cc1ccc(C(=O)NC(C)(C)C(C)(C)O)o1. The molecule has 0 aromatic carbocycles. The van der Waals surface area contributed by atoms with Crippen molar-refractivity contribution in [2.75, 3.05) is 13.1 Å². The van der Waals surface area contributed by atoms with Gasteiger partial charge in [-0.2, -0.15) is 0 Å². The van der Waals surface area contributed by atoms with E-state index >= 15 is 0 Å². The van der Waals surface area contributed by atoms with Crippen LogP contribution in [0, 0.1) is 0 Å². The first kappa shape index (κ1) is 17.7. The highest BCUT2D eigenvalue weighted by Gasteiger charge is 2.37. The zero-order valence-corrected chi connectivity index (χ0v) is 14.0. The molecular weight excluding hydrogens is 268 g/mol. The maximum atomic E-state index is 12.2. The minimum Gasteiger partial charge on any atom is -0.455 e. The Balaban J connectivity index is 2.75. The van der Waals surface area contributed by atoms with Gasteiger partial charge in [0, 0.05) is 0 Å². The second kappa shape index (κ2) is 6.62. The van der Waals surface area contributed by atoms with Crippen LogP contribution < -0.4 is 5.32 Å². The van der Waals surface area contributed by atoms with E-state index in [1.165, 1.54) is 0 Å². The number of amides is 1. The van der Waals surface area contributed by atoms with Crippen molar-refractivity contribution in [3.8, 4) is 0 Å². The van der Waals surface area contributed by atoms with Gasteiger partial charge in [-0.15, -0.1) is 0 Å². The highest BCUT2D eigenvalue weighted by atomic mass is 16.4. The predicted octanol–water partition coefficient (Wildman–Crippen LogP) is 2.40. The molecule has 1 heterocycles. The molecule has 0 unspecified atom stereocenters. The maximum Gasteiger partial charge on any atom is 0.287 e. The molecule has 21 heavy (non-hydrogen) atoms. The molecule has 120 valence electrons. The third-order valence-electron chi connectivity index (χ3n) is 4.11. The second-order valence-corrected chi connectivity index (χ2v) is 6.37. The molecule has 0 fully saturated rings. The smallest absolute Gasteiger partial charge is 0.287 e. The van der Waals surface area contributed by atoms with E-state index in [0.717, 1.165) is 18.8 Å². The lowest BCUT2D eigenvalue weighted by Gasteiger charge is -2.37. The van der Waals surface area contributed by atoms with Gasteiger partial charge in [-0.1, -0.05) is 13.8 Å². The quantitative estimate of drug-likeness (QED) is 0.811.